The van der Waals surface area contributed by atoms with Crippen LogP contribution in [0.2, 0.25) is 0 Å². The molecule has 2 atom stereocenters. The Kier molecular flexibility index (Phi) is 8.83. The largest absolute Gasteiger partial charge is 0.379 e. The number of rotatable bonds is 10. The van der Waals surface area contributed by atoms with Gasteiger partial charge >= 0.3 is 0 Å². The fourth-order valence-corrected chi connectivity index (χ4v) is 1.57. The summed E-state index contributed by atoms with van der Waals surface area (Å²) >= 11 is 0. The molecule has 0 heterocycles. The molecule has 0 bridgehead atoms. The normalized spacial score (nSPS) is 15.9. The van der Waals surface area contributed by atoms with Crippen LogP contribution in [0.3, 0.4) is 0 Å². The van der Waals surface area contributed by atoms with Gasteiger partial charge in [0.2, 0.25) is 0 Å². The molecule has 0 saturated heterocycles. The third kappa shape index (κ3) is 9.57. The van der Waals surface area contributed by atoms with Crippen molar-refractivity contribution in [2.75, 3.05) is 20.3 Å². The smallest absolute Gasteiger partial charge is 0.0671 e. The highest BCUT2D eigenvalue weighted by atomic mass is 16.5. The summed E-state index contributed by atoms with van der Waals surface area (Å²) in [6.45, 7) is 12.4. The Morgan fingerprint density at radius 3 is 2.41 bits per heavy atom. The summed E-state index contributed by atoms with van der Waals surface area (Å²) in [5.74, 6) is 0. The Hall–Kier alpha value is -0.120. The number of hydrogen-bond acceptors (Lipinski definition) is 3. The van der Waals surface area contributed by atoms with Crippen LogP contribution in [0.5, 0.6) is 0 Å². The zero-order valence-electron chi connectivity index (χ0n) is 12.5. The summed E-state index contributed by atoms with van der Waals surface area (Å²) in [5, 5.41) is 3.49. The van der Waals surface area contributed by atoms with E-state index in [1.54, 1.807) is 7.11 Å². The molecule has 0 aliphatic heterocycles. The van der Waals surface area contributed by atoms with Gasteiger partial charge in [-0.3, -0.25) is 0 Å². The zero-order valence-corrected chi connectivity index (χ0v) is 12.5. The molecule has 0 aliphatic carbocycles. The standard InChI is InChI=1S/C14H31NO2/c1-7-8-12(2)15-11-13(3)17-10-9-14(4,5)16-6/h12-13,15H,7-11H2,1-6H3. The van der Waals surface area contributed by atoms with Crippen molar-refractivity contribution in [1.29, 1.82) is 0 Å². The summed E-state index contributed by atoms with van der Waals surface area (Å²) in [6, 6.07) is 0.585. The van der Waals surface area contributed by atoms with E-state index in [0.29, 0.717) is 6.04 Å². The Morgan fingerprint density at radius 2 is 1.88 bits per heavy atom. The lowest BCUT2D eigenvalue weighted by Crippen LogP contribution is -2.34. The Balaban J connectivity index is 3.56. The summed E-state index contributed by atoms with van der Waals surface area (Å²) in [6.07, 6.45) is 3.65. The number of hydrogen-bond donors (Lipinski definition) is 1. The van der Waals surface area contributed by atoms with Crippen molar-refractivity contribution in [3.8, 4) is 0 Å². The van der Waals surface area contributed by atoms with Gasteiger partial charge in [0.15, 0.2) is 0 Å². The van der Waals surface area contributed by atoms with Crippen molar-refractivity contribution >= 4 is 0 Å². The van der Waals surface area contributed by atoms with Crippen molar-refractivity contribution in [3.63, 3.8) is 0 Å². The van der Waals surface area contributed by atoms with Gasteiger partial charge < -0.3 is 14.8 Å². The first-order valence-electron chi connectivity index (χ1n) is 6.81. The van der Waals surface area contributed by atoms with Crippen molar-refractivity contribution in [1.82, 2.24) is 5.32 Å². The maximum Gasteiger partial charge on any atom is 0.0671 e. The first kappa shape index (κ1) is 16.9. The van der Waals surface area contributed by atoms with Crippen LogP contribution in [0.4, 0.5) is 0 Å². The average Bonchev–Trinajstić information content (AvgIpc) is 2.26. The van der Waals surface area contributed by atoms with E-state index in [2.05, 4.69) is 39.9 Å². The van der Waals surface area contributed by atoms with Gasteiger partial charge in [-0.15, -0.1) is 0 Å². The molecule has 0 aliphatic rings. The van der Waals surface area contributed by atoms with E-state index < -0.39 is 0 Å². The van der Waals surface area contributed by atoms with Gasteiger partial charge in [-0.05, 0) is 40.5 Å². The molecule has 0 aromatic carbocycles. The molecule has 3 heteroatoms. The van der Waals surface area contributed by atoms with Crippen molar-refractivity contribution < 1.29 is 9.47 Å². The second-order valence-corrected chi connectivity index (χ2v) is 5.49. The molecular weight excluding hydrogens is 214 g/mol. The maximum absolute atomic E-state index is 5.77. The van der Waals surface area contributed by atoms with E-state index >= 15 is 0 Å². The fourth-order valence-electron chi connectivity index (χ4n) is 1.57. The minimum atomic E-state index is -0.0807. The zero-order chi connectivity index (χ0) is 13.3. The number of ether oxygens (including phenoxy) is 2. The van der Waals surface area contributed by atoms with Crippen LogP contribution in [-0.4, -0.2) is 38.0 Å². The van der Waals surface area contributed by atoms with Crippen LogP contribution in [0.15, 0.2) is 0 Å². The van der Waals surface area contributed by atoms with Gasteiger partial charge in [-0.2, -0.15) is 0 Å². The van der Waals surface area contributed by atoms with Crippen molar-refractivity contribution in [3.05, 3.63) is 0 Å². The van der Waals surface area contributed by atoms with Crippen molar-refractivity contribution in [2.45, 2.75) is 71.6 Å². The minimum Gasteiger partial charge on any atom is -0.379 e. The first-order valence-corrected chi connectivity index (χ1v) is 6.81. The lowest BCUT2D eigenvalue weighted by Gasteiger charge is -2.24. The SMILES string of the molecule is CCCC(C)NCC(C)OCCC(C)(C)OC. The minimum absolute atomic E-state index is 0.0807. The monoisotopic (exact) mass is 245 g/mol. The predicted octanol–water partition coefficient (Wildman–Crippen LogP) is 2.98. The molecular formula is C14H31NO2. The lowest BCUT2D eigenvalue weighted by atomic mass is 10.1. The van der Waals surface area contributed by atoms with E-state index in [9.17, 15) is 0 Å². The molecule has 0 aromatic rings. The molecule has 0 aromatic heterocycles. The van der Waals surface area contributed by atoms with Crippen LogP contribution >= 0.6 is 0 Å². The van der Waals surface area contributed by atoms with Crippen molar-refractivity contribution in [2.24, 2.45) is 0 Å². The fraction of sp³-hybridized carbons (Fsp3) is 1.00. The Bertz CT molecular complexity index is 183. The van der Waals surface area contributed by atoms with Gasteiger partial charge in [0.25, 0.3) is 0 Å². The number of methoxy groups -OCH3 is 1. The Labute approximate surface area is 107 Å². The van der Waals surface area contributed by atoms with E-state index in [1.807, 2.05) is 0 Å². The quantitative estimate of drug-likeness (QED) is 0.642. The molecule has 0 amide bonds. The molecule has 0 spiro atoms. The van der Waals surface area contributed by atoms with Crippen LogP contribution < -0.4 is 5.32 Å². The molecule has 104 valence electrons. The van der Waals surface area contributed by atoms with Gasteiger partial charge in [-0.25, -0.2) is 0 Å². The summed E-state index contributed by atoms with van der Waals surface area (Å²) in [7, 11) is 1.75. The van der Waals surface area contributed by atoms with Gasteiger partial charge in [0, 0.05) is 26.3 Å². The summed E-state index contributed by atoms with van der Waals surface area (Å²) in [5.41, 5.74) is -0.0807. The van der Waals surface area contributed by atoms with Gasteiger partial charge in [0.05, 0.1) is 11.7 Å². The second-order valence-electron chi connectivity index (χ2n) is 5.49. The molecule has 0 radical (unpaired) electrons. The van der Waals surface area contributed by atoms with Crippen LogP contribution in [0.25, 0.3) is 0 Å². The summed E-state index contributed by atoms with van der Waals surface area (Å²) < 4.78 is 11.1. The lowest BCUT2D eigenvalue weighted by molar-refractivity contribution is -0.0233. The molecule has 0 fully saturated rings. The summed E-state index contributed by atoms with van der Waals surface area (Å²) in [4.78, 5) is 0. The highest BCUT2D eigenvalue weighted by Gasteiger charge is 2.16. The third-order valence-electron chi connectivity index (χ3n) is 3.13. The van der Waals surface area contributed by atoms with Gasteiger partial charge in [-0.1, -0.05) is 13.3 Å². The van der Waals surface area contributed by atoms with E-state index in [4.69, 9.17) is 9.47 Å². The van der Waals surface area contributed by atoms with Gasteiger partial charge in [0.1, 0.15) is 0 Å². The molecule has 1 N–H and O–H groups in total. The highest BCUT2D eigenvalue weighted by Crippen LogP contribution is 2.12. The predicted molar refractivity (Wildman–Crippen MR) is 73.5 cm³/mol. The second kappa shape index (κ2) is 8.90. The van der Waals surface area contributed by atoms with Crippen LogP contribution in [-0.2, 0) is 9.47 Å². The molecule has 0 rings (SSSR count). The van der Waals surface area contributed by atoms with Crippen LogP contribution in [0.1, 0.15) is 53.9 Å². The first-order chi connectivity index (χ1) is 7.91. The average molecular weight is 245 g/mol. The highest BCUT2D eigenvalue weighted by molar-refractivity contribution is 4.68. The third-order valence-corrected chi connectivity index (χ3v) is 3.13. The topological polar surface area (TPSA) is 30.5 Å². The molecule has 2 unspecified atom stereocenters. The molecule has 0 saturated carbocycles. The maximum atomic E-state index is 5.77. The van der Waals surface area contributed by atoms with Crippen LogP contribution in [0, 0.1) is 0 Å². The van der Waals surface area contributed by atoms with E-state index in [0.717, 1.165) is 19.6 Å². The van der Waals surface area contributed by atoms with E-state index in [-0.39, 0.29) is 11.7 Å². The Morgan fingerprint density at radius 1 is 1.24 bits per heavy atom. The molecule has 3 nitrogen and oxygen atoms in total. The number of nitrogens with one attached hydrogen (secondary N) is 1. The van der Waals surface area contributed by atoms with E-state index in [1.165, 1.54) is 12.8 Å². The molecule has 17 heavy (non-hydrogen) atoms.